The smallest absolute Gasteiger partial charge is 0.297 e. The Hall–Kier alpha value is -3.13. The number of para-hydroxylation sites is 1. The van der Waals surface area contributed by atoms with E-state index in [0.717, 1.165) is 29.4 Å². The maximum atomic E-state index is 12.8. The van der Waals surface area contributed by atoms with Gasteiger partial charge < -0.3 is 14.6 Å². The van der Waals surface area contributed by atoms with Gasteiger partial charge in [0.15, 0.2) is 0 Å². The highest BCUT2D eigenvalue weighted by Crippen LogP contribution is 2.26. The molecule has 31 heavy (non-hydrogen) atoms. The van der Waals surface area contributed by atoms with Crippen LogP contribution in [0.15, 0.2) is 68.5 Å². The van der Waals surface area contributed by atoms with Crippen LogP contribution < -0.4 is 15.8 Å². The van der Waals surface area contributed by atoms with E-state index in [1.807, 2.05) is 30.3 Å². The summed E-state index contributed by atoms with van der Waals surface area (Å²) in [5.74, 6) is 0.163. The largest absolute Gasteiger partial charge is 0.448 e. The summed E-state index contributed by atoms with van der Waals surface area (Å²) in [6.07, 6.45) is 2.43. The molecular weight excluding hydrogens is 460 g/mol. The number of benzene rings is 2. The molecule has 0 bridgehead atoms. The van der Waals surface area contributed by atoms with Gasteiger partial charge in [-0.15, -0.1) is 0 Å². The number of hydrogen-bond donors (Lipinski definition) is 1. The lowest BCUT2D eigenvalue weighted by molar-refractivity contribution is -0.121. The zero-order valence-electron chi connectivity index (χ0n) is 16.8. The van der Waals surface area contributed by atoms with Gasteiger partial charge >= 0.3 is 0 Å². The van der Waals surface area contributed by atoms with Crippen LogP contribution in [-0.4, -0.2) is 35.1 Å². The number of amides is 1. The fourth-order valence-corrected chi connectivity index (χ4v) is 4.49. The molecule has 1 amide bonds. The number of aromatic nitrogens is 2. The highest BCUT2D eigenvalue weighted by atomic mass is 79.9. The average Bonchev–Trinajstić information content (AvgIpc) is 3.39. The van der Waals surface area contributed by atoms with E-state index >= 15 is 0 Å². The summed E-state index contributed by atoms with van der Waals surface area (Å²) in [5, 5.41) is 3.76. The zero-order valence-corrected chi connectivity index (χ0v) is 18.3. The molecule has 5 rings (SSSR count). The minimum atomic E-state index is -0.349. The van der Waals surface area contributed by atoms with E-state index in [2.05, 4.69) is 43.3 Å². The minimum Gasteiger partial charge on any atom is -0.448 e. The second-order valence-electron chi connectivity index (χ2n) is 7.84. The number of hydrogen-bond acceptors (Lipinski definition) is 5. The SMILES string of the molecule is O=C(Cn1cnc2c(oc3ccccc32)c1=O)NCC1CCN(c2cccc(Br)c2)C1. The number of furan rings is 1. The third-order valence-electron chi connectivity index (χ3n) is 5.71. The van der Waals surface area contributed by atoms with Crippen molar-refractivity contribution in [2.75, 3.05) is 24.5 Å². The predicted molar refractivity (Wildman–Crippen MR) is 123 cm³/mol. The Morgan fingerprint density at radius 1 is 1.23 bits per heavy atom. The molecule has 3 heterocycles. The number of fused-ring (bicyclic) bond motifs is 3. The van der Waals surface area contributed by atoms with Crippen LogP contribution in [0.4, 0.5) is 5.69 Å². The van der Waals surface area contributed by atoms with Gasteiger partial charge in [-0.05, 0) is 42.7 Å². The van der Waals surface area contributed by atoms with Crippen molar-refractivity contribution in [3.8, 4) is 0 Å². The van der Waals surface area contributed by atoms with E-state index in [9.17, 15) is 9.59 Å². The molecule has 2 aromatic carbocycles. The van der Waals surface area contributed by atoms with E-state index in [1.54, 1.807) is 6.07 Å². The first-order valence-electron chi connectivity index (χ1n) is 10.2. The lowest BCUT2D eigenvalue weighted by Crippen LogP contribution is -2.35. The van der Waals surface area contributed by atoms with Gasteiger partial charge in [0.2, 0.25) is 11.5 Å². The molecule has 0 spiro atoms. The molecule has 1 atom stereocenters. The molecule has 4 aromatic rings. The first-order chi connectivity index (χ1) is 15.1. The van der Waals surface area contributed by atoms with Gasteiger partial charge in [-0.3, -0.25) is 14.2 Å². The van der Waals surface area contributed by atoms with Crippen LogP contribution in [0.5, 0.6) is 0 Å². The summed E-state index contributed by atoms with van der Waals surface area (Å²) >= 11 is 3.51. The monoisotopic (exact) mass is 480 g/mol. The molecule has 0 aliphatic carbocycles. The second-order valence-corrected chi connectivity index (χ2v) is 8.75. The molecule has 0 radical (unpaired) electrons. The Morgan fingerprint density at radius 3 is 2.97 bits per heavy atom. The van der Waals surface area contributed by atoms with E-state index in [4.69, 9.17) is 4.42 Å². The molecule has 1 N–H and O–H groups in total. The van der Waals surface area contributed by atoms with Crippen molar-refractivity contribution in [1.82, 2.24) is 14.9 Å². The van der Waals surface area contributed by atoms with Crippen LogP contribution in [0, 0.1) is 5.92 Å². The van der Waals surface area contributed by atoms with E-state index < -0.39 is 0 Å². The molecule has 1 aliphatic rings. The van der Waals surface area contributed by atoms with Gasteiger partial charge in [0.25, 0.3) is 5.56 Å². The second kappa shape index (κ2) is 8.19. The summed E-state index contributed by atoms with van der Waals surface area (Å²) in [7, 11) is 0. The van der Waals surface area contributed by atoms with Crippen molar-refractivity contribution in [1.29, 1.82) is 0 Å². The molecule has 1 unspecified atom stereocenters. The summed E-state index contributed by atoms with van der Waals surface area (Å²) in [6, 6.07) is 15.6. The van der Waals surface area contributed by atoms with Gasteiger partial charge in [0, 0.05) is 35.2 Å². The summed E-state index contributed by atoms with van der Waals surface area (Å²) in [4.78, 5) is 31.9. The number of rotatable bonds is 5. The number of halogens is 1. The Kier molecular flexibility index (Phi) is 5.23. The first kappa shape index (κ1) is 19.8. The quantitative estimate of drug-likeness (QED) is 0.472. The van der Waals surface area contributed by atoms with Crippen LogP contribution in [-0.2, 0) is 11.3 Å². The number of anilines is 1. The lowest BCUT2D eigenvalue weighted by Gasteiger charge is -2.19. The van der Waals surface area contributed by atoms with Crippen molar-refractivity contribution in [3.63, 3.8) is 0 Å². The zero-order chi connectivity index (χ0) is 21.4. The highest BCUT2D eigenvalue weighted by Gasteiger charge is 2.23. The van der Waals surface area contributed by atoms with Crippen LogP contribution in [0.3, 0.4) is 0 Å². The minimum absolute atomic E-state index is 0.0825. The van der Waals surface area contributed by atoms with Crippen molar-refractivity contribution in [2.45, 2.75) is 13.0 Å². The predicted octanol–water partition coefficient (Wildman–Crippen LogP) is 3.55. The van der Waals surface area contributed by atoms with Crippen LogP contribution in [0.1, 0.15) is 6.42 Å². The number of nitrogens with one attached hydrogen (secondary N) is 1. The average molecular weight is 481 g/mol. The van der Waals surface area contributed by atoms with Gasteiger partial charge in [-0.1, -0.05) is 34.1 Å². The third-order valence-corrected chi connectivity index (χ3v) is 6.20. The molecule has 7 nitrogen and oxygen atoms in total. The fraction of sp³-hybridized carbons (Fsp3) is 0.261. The lowest BCUT2D eigenvalue weighted by atomic mass is 10.1. The molecule has 1 aliphatic heterocycles. The first-order valence-corrected chi connectivity index (χ1v) is 11.0. The molecular formula is C23H21BrN4O3. The Morgan fingerprint density at radius 2 is 2.10 bits per heavy atom. The van der Waals surface area contributed by atoms with Crippen molar-refractivity contribution in [3.05, 3.63) is 69.7 Å². The van der Waals surface area contributed by atoms with Crippen LogP contribution in [0.2, 0.25) is 0 Å². The molecule has 0 saturated carbocycles. The van der Waals surface area contributed by atoms with Gasteiger partial charge in [0.1, 0.15) is 17.6 Å². The van der Waals surface area contributed by atoms with Crippen molar-refractivity contribution < 1.29 is 9.21 Å². The van der Waals surface area contributed by atoms with Gasteiger partial charge in [-0.2, -0.15) is 0 Å². The van der Waals surface area contributed by atoms with Gasteiger partial charge in [-0.25, -0.2) is 4.98 Å². The maximum Gasteiger partial charge on any atom is 0.297 e. The highest BCUT2D eigenvalue weighted by molar-refractivity contribution is 9.10. The standard InChI is InChI=1S/C23H21BrN4O3/c24-16-4-3-5-17(10-16)27-9-8-15(12-27)11-25-20(29)13-28-14-26-21-18-6-1-2-7-19(18)31-22(21)23(28)30/h1-7,10,14-15H,8-9,11-13H2,(H,25,29). The number of carbonyl (C=O) groups is 1. The van der Waals surface area contributed by atoms with Gasteiger partial charge in [0.05, 0.1) is 6.33 Å². The van der Waals surface area contributed by atoms with E-state index in [0.29, 0.717) is 23.6 Å². The Balaban J connectivity index is 1.22. The molecule has 1 fully saturated rings. The van der Waals surface area contributed by atoms with E-state index in [1.165, 1.54) is 16.6 Å². The Bertz CT molecular complexity index is 1330. The summed E-state index contributed by atoms with van der Waals surface area (Å²) in [6.45, 7) is 2.35. The normalized spacial score (nSPS) is 16.3. The fourth-order valence-electron chi connectivity index (χ4n) is 4.10. The third kappa shape index (κ3) is 3.95. The summed E-state index contributed by atoms with van der Waals surface area (Å²) < 4.78 is 8.02. The molecule has 2 aromatic heterocycles. The topological polar surface area (TPSA) is 80.4 Å². The number of carbonyl (C=O) groups excluding carboxylic acids is 1. The number of nitrogens with zero attached hydrogens (tertiary/aromatic N) is 3. The van der Waals surface area contributed by atoms with Crippen LogP contribution in [0.25, 0.3) is 22.1 Å². The molecule has 8 heteroatoms. The molecule has 158 valence electrons. The van der Waals surface area contributed by atoms with Crippen molar-refractivity contribution in [2.24, 2.45) is 5.92 Å². The molecule has 1 saturated heterocycles. The van der Waals surface area contributed by atoms with Crippen LogP contribution >= 0.6 is 15.9 Å². The van der Waals surface area contributed by atoms with Crippen molar-refractivity contribution >= 4 is 49.6 Å². The summed E-state index contributed by atoms with van der Waals surface area (Å²) in [5.41, 5.74) is 2.14. The van der Waals surface area contributed by atoms with E-state index in [-0.39, 0.29) is 23.6 Å². The Labute approximate surface area is 186 Å². The maximum absolute atomic E-state index is 12.8.